The average molecular weight is 410 g/mol. The SMILES string of the molecule is CC1(C)Cc2onc(-c3cccc(F)c3)c2C(=O)C1=NOC(=O)c1cccc(F)c1. The number of fused-ring (bicyclic) bond motifs is 1. The summed E-state index contributed by atoms with van der Waals surface area (Å²) >= 11 is 0. The molecule has 1 aromatic heterocycles. The summed E-state index contributed by atoms with van der Waals surface area (Å²) in [5.74, 6) is -2.16. The minimum atomic E-state index is -0.896. The van der Waals surface area contributed by atoms with Crippen LogP contribution in [0.2, 0.25) is 0 Å². The van der Waals surface area contributed by atoms with Crippen molar-refractivity contribution in [3.8, 4) is 11.3 Å². The molecule has 30 heavy (non-hydrogen) atoms. The molecule has 2 aromatic carbocycles. The minimum Gasteiger partial charge on any atom is -0.360 e. The quantitative estimate of drug-likeness (QED) is 0.466. The van der Waals surface area contributed by atoms with Crippen LogP contribution >= 0.6 is 0 Å². The molecular formula is C22H16F2N2O4. The van der Waals surface area contributed by atoms with Crippen molar-refractivity contribution in [2.75, 3.05) is 0 Å². The first-order chi connectivity index (χ1) is 14.3. The lowest BCUT2D eigenvalue weighted by Gasteiger charge is -2.28. The van der Waals surface area contributed by atoms with Gasteiger partial charge in [0.2, 0.25) is 5.78 Å². The Bertz CT molecular complexity index is 1200. The summed E-state index contributed by atoms with van der Waals surface area (Å²) in [7, 11) is 0. The molecule has 4 rings (SSSR count). The van der Waals surface area contributed by atoms with Crippen molar-refractivity contribution in [3.05, 3.63) is 77.1 Å². The van der Waals surface area contributed by atoms with E-state index in [1.54, 1.807) is 19.9 Å². The van der Waals surface area contributed by atoms with Crippen LogP contribution in [-0.2, 0) is 11.3 Å². The van der Waals surface area contributed by atoms with Crippen LogP contribution in [0.3, 0.4) is 0 Å². The van der Waals surface area contributed by atoms with Crippen LogP contribution in [0.25, 0.3) is 11.3 Å². The van der Waals surface area contributed by atoms with Gasteiger partial charge in [-0.25, -0.2) is 13.6 Å². The summed E-state index contributed by atoms with van der Waals surface area (Å²) in [6.07, 6.45) is 0.271. The van der Waals surface area contributed by atoms with Gasteiger partial charge in [0.25, 0.3) is 0 Å². The Morgan fingerprint density at radius 1 is 1.13 bits per heavy atom. The molecule has 0 saturated heterocycles. The van der Waals surface area contributed by atoms with Crippen LogP contribution in [0, 0.1) is 17.0 Å². The summed E-state index contributed by atoms with van der Waals surface area (Å²) in [6, 6.07) is 10.6. The first kappa shape index (κ1) is 19.6. The number of carbonyl (C=O) groups is 2. The molecule has 0 fully saturated rings. The Morgan fingerprint density at radius 2 is 1.83 bits per heavy atom. The Balaban J connectivity index is 1.70. The highest BCUT2D eigenvalue weighted by molar-refractivity contribution is 6.49. The number of oxime groups is 1. The van der Waals surface area contributed by atoms with E-state index >= 15 is 0 Å². The summed E-state index contributed by atoms with van der Waals surface area (Å²) in [5.41, 5.74) is -0.142. The van der Waals surface area contributed by atoms with E-state index in [0.29, 0.717) is 11.3 Å². The summed E-state index contributed by atoms with van der Waals surface area (Å²) in [5, 5.41) is 7.75. The maximum absolute atomic E-state index is 13.6. The zero-order valence-corrected chi connectivity index (χ0v) is 16.1. The largest absolute Gasteiger partial charge is 0.365 e. The van der Waals surface area contributed by atoms with Crippen molar-refractivity contribution >= 4 is 17.5 Å². The number of nitrogens with zero attached hydrogens (tertiary/aromatic N) is 2. The summed E-state index contributed by atoms with van der Waals surface area (Å²) < 4.78 is 32.3. The van der Waals surface area contributed by atoms with Gasteiger partial charge < -0.3 is 9.36 Å². The predicted octanol–water partition coefficient (Wildman–Crippen LogP) is 4.60. The van der Waals surface area contributed by atoms with Gasteiger partial charge in [0.15, 0.2) is 0 Å². The molecule has 0 radical (unpaired) electrons. The lowest BCUT2D eigenvalue weighted by molar-refractivity contribution is 0.0510. The van der Waals surface area contributed by atoms with Gasteiger partial charge in [-0.15, -0.1) is 0 Å². The molecule has 0 atom stereocenters. The second-order valence-corrected chi connectivity index (χ2v) is 7.56. The van der Waals surface area contributed by atoms with Crippen LogP contribution in [0.4, 0.5) is 8.78 Å². The Hall–Kier alpha value is -3.68. The van der Waals surface area contributed by atoms with Gasteiger partial charge in [-0.3, -0.25) is 4.79 Å². The molecule has 0 amide bonds. The fourth-order valence-corrected chi connectivity index (χ4v) is 3.34. The highest BCUT2D eigenvalue weighted by atomic mass is 19.1. The van der Waals surface area contributed by atoms with Crippen LogP contribution in [0.5, 0.6) is 0 Å². The highest BCUT2D eigenvalue weighted by Gasteiger charge is 2.43. The number of hydrogen-bond acceptors (Lipinski definition) is 6. The Labute approximate surface area is 170 Å². The fourth-order valence-electron chi connectivity index (χ4n) is 3.34. The van der Waals surface area contributed by atoms with E-state index in [1.807, 2.05) is 0 Å². The van der Waals surface area contributed by atoms with Gasteiger partial charge in [0.1, 0.15) is 28.8 Å². The standard InChI is InChI=1S/C22H16F2N2O4/c1-22(2)11-16-17(18(25-29-16)12-5-3-7-14(23)9-12)19(27)20(22)26-30-21(28)13-6-4-8-15(24)10-13/h3-10H,11H2,1-2H3. The highest BCUT2D eigenvalue weighted by Crippen LogP contribution is 2.38. The molecule has 152 valence electrons. The maximum atomic E-state index is 13.6. The van der Waals surface area contributed by atoms with Crippen molar-refractivity contribution < 1.29 is 27.7 Å². The number of Topliss-reactive ketones (excluding diaryl/α,β-unsaturated/α-hetero) is 1. The molecule has 6 nitrogen and oxygen atoms in total. The summed E-state index contributed by atoms with van der Waals surface area (Å²) in [4.78, 5) is 30.3. The first-order valence-corrected chi connectivity index (χ1v) is 9.11. The van der Waals surface area contributed by atoms with Gasteiger partial charge in [0.05, 0.1) is 11.1 Å². The van der Waals surface area contributed by atoms with E-state index in [0.717, 1.165) is 6.07 Å². The Morgan fingerprint density at radius 3 is 2.53 bits per heavy atom. The van der Waals surface area contributed by atoms with E-state index in [-0.39, 0.29) is 29.0 Å². The number of halogens is 2. The lowest BCUT2D eigenvalue weighted by atomic mass is 9.74. The number of carbonyl (C=O) groups excluding carboxylic acids is 2. The predicted molar refractivity (Wildman–Crippen MR) is 103 cm³/mol. The van der Waals surface area contributed by atoms with Gasteiger partial charge >= 0.3 is 5.97 Å². The van der Waals surface area contributed by atoms with E-state index in [1.165, 1.54) is 36.4 Å². The van der Waals surface area contributed by atoms with Crippen LogP contribution in [0.15, 0.2) is 58.2 Å². The first-order valence-electron chi connectivity index (χ1n) is 9.11. The van der Waals surface area contributed by atoms with Gasteiger partial charge in [-0.2, -0.15) is 0 Å². The zero-order valence-electron chi connectivity index (χ0n) is 16.1. The third kappa shape index (κ3) is 3.52. The molecule has 0 unspecified atom stereocenters. The third-order valence-electron chi connectivity index (χ3n) is 4.83. The van der Waals surface area contributed by atoms with Crippen molar-refractivity contribution in [2.45, 2.75) is 20.3 Å². The van der Waals surface area contributed by atoms with Gasteiger partial charge in [-0.1, -0.05) is 42.4 Å². The van der Waals surface area contributed by atoms with E-state index < -0.39 is 28.8 Å². The fraction of sp³-hybridized carbons (Fsp3) is 0.182. The molecular weight excluding hydrogens is 394 g/mol. The monoisotopic (exact) mass is 410 g/mol. The number of aromatic nitrogens is 1. The van der Waals surface area contributed by atoms with E-state index in [4.69, 9.17) is 9.36 Å². The average Bonchev–Trinajstić information content (AvgIpc) is 3.10. The van der Waals surface area contributed by atoms with Crippen molar-refractivity contribution in [1.82, 2.24) is 5.16 Å². The third-order valence-corrected chi connectivity index (χ3v) is 4.83. The number of benzene rings is 2. The summed E-state index contributed by atoms with van der Waals surface area (Å²) in [6.45, 7) is 3.49. The molecule has 1 heterocycles. The molecule has 3 aromatic rings. The lowest BCUT2D eigenvalue weighted by Crippen LogP contribution is -2.38. The maximum Gasteiger partial charge on any atom is 0.365 e. The normalized spacial score (nSPS) is 16.4. The van der Waals surface area contributed by atoms with Crippen molar-refractivity contribution in [1.29, 1.82) is 0 Å². The number of rotatable bonds is 3. The number of ketones is 1. The molecule has 8 heteroatoms. The molecule has 0 bridgehead atoms. The second-order valence-electron chi connectivity index (χ2n) is 7.56. The van der Waals surface area contributed by atoms with Gasteiger partial charge in [-0.05, 0) is 30.3 Å². The second kappa shape index (κ2) is 7.29. The smallest absolute Gasteiger partial charge is 0.360 e. The zero-order chi connectivity index (χ0) is 21.5. The molecule has 0 saturated carbocycles. The van der Waals surface area contributed by atoms with E-state index in [9.17, 15) is 18.4 Å². The van der Waals surface area contributed by atoms with Crippen LogP contribution < -0.4 is 0 Å². The topological polar surface area (TPSA) is 81.8 Å². The molecule has 0 N–H and O–H groups in total. The number of hydrogen-bond donors (Lipinski definition) is 0. The van der Waals surface area contributed by atoms with Crippen LogP contribution in [0.1, 0.15) is 40.3 Å². The Kier molecular flexibility index (Phi) is 4.77. The molecule has 0 aliphatic heterocycles. The van der Waals surface area contributed by atoms with Gasteiger partial charge in [0, 0.05) is 17.4 Å². The molecule has 0 spiro atoms. The van der Waals surface area contributed by atoms with Crippen molar-refractivity contribution in [3.63, 3.8) is 0 Å². The molecule has 1 aliphatic carbocycles. The van der Waals surface area contributed by atoms with Crippen LogP contribution in [-0.4, -0.2) is 22.6 Å². The van der Waals surface area contributed by atoms with E-state index in [2.05, 4.69) is 10.3 Å². The van der Waals surface area contributed by atoms with Crippen molar-refractivity contribution in [2.24, 2.45) is 10.6 Å². The molecule has 1 aliphatic rings. The minimum absolute atomic E-state index is 0.0133.